The number of nitrogens with zero attached hydrogens (tertiary/aromatic N) is 2. The smallest absolute Gasteiger partial charge is 0.420 e. The first-order valence-corrected chi connectivity index (χ1v) is 13.3. The lowest BCUT2D eigenvalue weighted by Crippen LogP contribution is -2.26. The zero-order valence-electron chi connectivity index (χ0n) is 21.7. The number of alkyl halides is 3. The molecule has 0 saturated heterocycles. The van der Waals surface area contributed by atoms with E-state index in [1.54, 1.807) is 12.1 Å². The van der Waals surface area contributed by atoms with Crippen molar-refractivity contribution in [2.24, 2.45) is 0 Å². The van der Waals surface area contributed by atoms with E-state index in [1.807, 2.05) is 6.92 Å². The Morgan fingerprint density at radius 3 is 1.97 bits per heavy atom. The van der Waals surface area contributed by atoms with Crippen LogP contribution in [0.25, 0.3) is 11.4 Å². The molecular weight excluding hydrogens is 469 g/mol. The molecule has 202 valence electrons. The van der Waals surface area contributed by atoms with Gasteiger partial charge in [0, 0.05) is 12.2 Å². The first-order valence-electron chi connectivity index (χ1n) is 13.3. The second-order valence-electron chi connectivity index (χ2n) is 9.17. The van der Waals surface area contributed by atoms with E-state index in [-0.39, 0.29) is 29.6 Å². The molecule has 1 N–H and O–H groups in total. The summed E-state index contributed by atoms with van der Waals surface area (Å²) >= 11 is 0. The molecule has 0 aliphatic rings. The third kappa shape index (κ3) is 10.7. The highest BCUT2D eigenvalue weighted by Crippen LogP contribution is 2.40. The number of aromatic nitrogens is 2. The highest BCUT2D eigenvalue weighted by Gasteiger charge is 2.45. The maximum Gasteiger partial charge on any atom is 0.420 e. The van der Waals surface area contributed by atoms with Crippen LogP contribution >= 0.6 is 0 Å². The van der Waals surface area contributed by atoms with Gasteiger partial charge in [-0.15, -0.1) is 0 Å². The Morgan fingerprint density at radius 1 is 0.806 bits per heavy atom. The van der Waals surface area contributed by atoms with E-state index in [0.717, 1.165) is 44.9 Å². The van der Waals surface area contributed by atoms with E-state index >= 15 is 0 Å². The van der Waals surface area contributed by atoms with Gasteiger partial charge in [-0.1, -0.05) is 78.1 Å². The quantitative estimate of drug-likeness (QED) is 0.204. The summed E-state index contributed by atoms with van der Waals surface area (Å²) in [6, 6.07) is 6.00. The van der Waals surface area contributed by atoms with Gasteiger partial charge in [-0.3, -0.25) is 0 Å². The van der Waals surface area contributed by atoms with Gasteiger partial charge in [-0.2, -0.15) is 13.2 Å². The maximum atomic E-state index is 14.1. The van der Waals surface area contributed by atoms with Crippen molar-refractivity contribution in [1.29, 1.82) is 0 Å². The van der Waals surface area contributed by atoms with Crippen molar-refractivity contribution in [3.63, 3.8) is 0 Å². The van der Waals surface area contributed by atoms with Crippen LogP contribution in [-0.2, 0) is 4.74 Å². The molecule has 0 amide bonds. The van der Waals surface area contributed by atoms with Crippen LogP contribution in [0.2, 0.25) is 0 Å². The molecular formula is C28H41F3N2O3. The summed E-state index contributed by atoms with van der Waals surface area (Å²) in [4.78, 5) is 8.49. The molecule has 36 heavy (non-hydrogen) atoms. The molecule has 0 fully saturated rings. The van der Waals surface area contributed by atoms with Crippen molar-refractivity contribution in [1.82, 2.24) is 9.97 Å². The normalized spacial score (nSPS) is 12.6. The van der Waals surface area contributed by atoms with E-state index < -0.39 is 12.3 Å². The van der Waals surface area contributed by atoms with Crippen molar-refractivity contribution in [3.8, 4) is 22.9 Å². The van der Waals surface area contributed by atoms with E-state index in [2.05, 4.69) is 16.9 Å². The molecule has 0 spiro atoms. The lowest BCUT2D eigenvalue weighted by molar-refractivity contribution is -0.225. The highest BCUT2D eigenvalue weighted by atomic mass is 19.4. The molecule has 1 aromatic heterocycles. The van der Waals surface area contributed by atoms with Gasteiger partial charge in [0.2, 0.25) is 0 Å². The Balaban J connectivity index is 2.13. The molecule has 5 nitrogen and oxygen atoms in total. The van der Waals surface area contributed by atoms with Gasteiger partial charge in [0.05, 0.1) is 12.8 Å². The molecule has 0 aliphatic heterocycles. The van der Waals surface area contributed by atoms with E-state index in [0.29, 0.717) is 18.6 Å². The molecule has 0 saturated carbocycles. The molecule has 1 heterocycles. The van der Waals surface area contributed by atoms with E-state index in [1.165, 1.54) is 44.0 Å². The number of halogens is 3. The number of unbranched alkanes of at least 4 members (excludes halogenated alkanes) is 10. The van der Waals surface area contributed by atoms with Crippen LogP contribution in [0.3, 0.4) is 0 Å². The lowest BCUT2D eigenvalue weighted by Gasteiger charge is -2.23. The summed E-state index contributed by atoms with van der Waals surface area (Å²) < 4.78 is 53.4. The summed E-state index contributed by atoms with van der Waals surface area (Å²) in [5.41, 5.74) is 0.183. The SMILES string of the molecule is CCCCCCCCCCOc1cnc(-c2ccc(O)cc2)nc1C(OCCCCCC)C(F)(F)F. The summed E-state index contributed by atoms with van der Waals surface area (Å²) in [5, 5.41) is 9.54. The van der Waals surface area contributed by atoms with Crippen molar-refractivity contribution >= 4 is 0 Å². The van der Waals surface area contributed by atoms with Crippen molar-refractivity contribution < 1.29 is 27.8 Å². The van der Waals surface area contributed by atoms with Gasteiger partial charge in [-0.25, -0.2) is 9.97 Å². The van der Waals surface area contributed by atoms with Gasteiger partial charge >= 0.3 is 6.18 Å². The fraction of sp³-hybridized carbons (Fsp3) is 0.643. The van der Waals surface area contributed by atoms with Crippen LogP contribution in [0.5, 0.6) is 11.5 Å². The van der Waals surface area contributed by atoms with E-state index in [4.69, 9.17) is 9.47 Å². The van der Waals surface area contributed by atoms with Crippen molar-refractivity contribution in [2.75, 3.05) is 13.2 Å². The van der Waals surface area contributed by atoms with Crippen LogP contribution < -0.4 is 4.74 Å². The molecule has 1 atom stereocenters. The summed E-state index contributed by atoms with van der Waals surface area (Å²) in [6.45, 7) is 4.51. The minimum Gasteiger partial charge on any atom is -0.508 e. The number of aromatic hydroxyl groups is 1. The molecule has 2 rings (SSSR count). The second kappa shape index (κ2) is 16.4. The van der Waals surface area contributed by atoms with Crippen molar-refractivity contribution in [3.05, 3.63) is 36.2 Å². The highest BCUT2D eigenvalue weighted by molar-refractivity contribution is 5.57. The minimum atomic E-state index is -4.65. The molecule has 0 aliphatic carbocycles. The van der Waals surface area contributed by atoms with Gasteiger partial charge in [0.25, 0.3) is 0 Å². The zero-order chi connectivity index (χ0) is 26.2. The van der Waals surface area contributed by atoms with Gasteiger partial charge < -0.3 is 14.6 Å². The van der Waals surface area contributed by atoms with Crippen LogP contribution in [0.1, 0.15) is 103 Å². The third-order valence-electron chi connectivity index (χ3n) is 5.99. The largest absolute Gasteiger partial charge is 0.508 e. The number of hydrogen-bond donors (Lipinski definition) is 1. The topological polar surface area (TPSA) is 64.5 Å². The fourth-order valence-electron chi connectivity index (χ4n) is 3.91. The van der Waals surface area contributed by atoms with E-state index in [9.17, 15) is 18.3 Å². The Bertz CT molecular complexity index is 860. The number of hydrogen-bond acceptors (Lipinski definition) is 5. The number of ether oxygens (including phenoxy) is 2. The second-order valence-corrected chi connectivity index (χ2v) is 9.17. The average molecular weight is 511 g/mol. The zero-order valence-corrected chi connectivity index (χ0v) is 21.7. The first kappa shape index (κ1) is 29.9. The summed E-state index contributed by atoms with van der Waals surface area (Å²) in [6.07, 6.45) is 6.64. The molecule has 8 heteroatoms. The number of rotatable bonds is 18. The molecule has 2 aromatic rings. The van der Waals surface area contributed by atoms with Crippen LogP contribution in [0.15, 0.2) is 30.5 Å². The summed E-state index contributed by atoms with van der Waals surface area (Å²) in [7, 11) is 0. The average Bonchev–Trinajstić information content (AvgIpc) is 2.85. The Hall–Kier alpha value is -2.35. The van der Waals surface area contributed by atoms with Gasteiger partial charge in [0.15, 0.2) is 17.7 Å². The Kier molecular flexibility index (Phi) is 13.6. The lowest BCUT2D eigenvalue weighted by atomic mass is 10.1. The van der Waals surface area contributed by atoms with Crippen molar-refractivity contribution in [2.45, 2.75) is 103 Å². The van der Waals surface area contributed by atoms with Crippen LogP contribution in [0.4, 0.5) is 13.2 Å². The molecule has 0 radical (unpaired) electrons. The molecule has 1 unspecified atom stereocenters. The first-order chi connectivity index (χ1) is 17.4. The fourth-order valence-corrected chi connectivity index (χ4v) is 3.91. The maximum absolute atomic E-state index is 14.1. The van der Waals surface area contributed by atoms with Gasteiger partial charge in [0.1, 0.15) is 11.4 Å². The molecule has 0 bridgehead atoms. The van der Waals surface area contributed by atoms with Crippen LogP contribution in [-0.4, -0.2) is 34.5 Å². The molecule has 1 aromatic carbocycles. The number of phenols is 1. The standard InChI is InChI=1S/C28H41F3N2O3/c1-3-5-7-9-10-11-12-14-19-35-24-21-32-27(22-15-17-23(34)18-16-22)33-25(24)26(28(29,30)31)36-20-13-8-6-4-2/h15-18,21,26,34H,3-14,19-20H2,1-2H3. The Labute approximate surface area is 213 Å². The number of phenolic OH excluding ortho intramolecular Hbond substituents is 1. The summed E-state index contributed by atoms with van der Waals surface area (Å²) in [5.74, 6) is 0.164. The predicted molar refractivity (Wildman–Crippen MR) is 136 cm³/mol. The third-order valence-corrected chi connectivity index (χ3v) is 5.99. The monoisotopic (exact) mass is 510 g/mol. The minimum absolute atomic E-state index is 0.00337. The number of benzene rings is 1. The predicted octanol–water partition coefficient (Wildman–Crippen LogP) is 8.57. The van der Waals surface area contributed by atoms with Gasteiger partial charge in [-0.05, 0) is 37.1 Å². The Morgan fingerprint density at radius 2 is 1.36 bits per heavy atom. The van der Waals surface area contributed by atoms with Crippen LogP contribution in [0, 0.1) is 0 Å².